The number of amides is 1. The minimum Gasteiger partial charge on any atom is -0.351 e. The van der Waals surface area contributed by atoms with Gasteiger partial charge in [-0.2, -0.15) is 5.10 Å². The van der Waals surface area contributed by atoms with Crippen molar-refractivity contribution < 1.29 is 9.00 Å². The molecule has 1 amide bonds. The van der Waals surface area contributed by atoms with Gasteiger partial charge in [0.15, 0.2) is 5.69 Å². The molecular weight excluding hydrogens is 422 g/mol. The smallest absolute Gasteiger partial charge is 0.276 e. The molecule has 3 heterocycles. The van der Waals surface area contributed by atoms with Crippen molar-refractivity contribution in [3.05, 3.63) is 83.7 Å². The maximum Gasteiger partial charge on any atom is 0.276 e. The maximum absolute atomic E-state index is 12.8. The number of benzene rings is 2. The van der Waals surface area contributed by atoms with Crippen molar-refractivity contribution in [2.24, 2.45) is 0 Å². The van der Waals surface area contributed by atoms with E-state index >= 15 is 0 Å². The molecule has 5 rings (SSSR count). The molecule has 0 bridgehead atoms. The highest BCUT2D eigenvalue weighted by atomic mass is 32.2. The summed E-state index contributed by atoms with van der Waals surface area (Å²) in [7, 11) is -1.05. The van der Waals surface area contributed by atoms with Gasteiger partial charge >= 0.3 is 0 Å². The summed E-state index contributed by atoms with van der Waals surface area (Å²) >= 11 is 0. The maximum atomic E-state index is 12.8. The second-order valence-electron chi connectivity index (χ2n) is 7.69. The molecule has 0 fully saturated rings. The van der Waals surface area contributed by atoms with Crippen LogP contribution in [0.3, 0.4) is 0 Å². The van der Waals surface area contributed by atoms with E-state index in [4.69, 9.17) is 4.98 Å². The second kappa shape index (κ2) is 8.47. The van der Waals surface area contributed by atoms with Crippen molar-refractivity contribution >= 4 is 39.1 Å². The molecule has 1 N–H and O–H groups in total. The van der Waals surface area contributed by atoms with Gasteiger partial charge in [0.05, 0.1) is 22.0 Å². The van der Waals surface area contributed by atoms with Crippen LogP contribution < -0.4 is 10.2 Å². The summed E-state index contributed by atoms with van der Waals surface area (Å²) in [5, 5.41) is 11.5. The fraction of sp³-hybridized carbons (Fsp3) is 0.167. The first kappa shape index (κ1) is 20.3. The Kier molecular flexibility index (Phi) is 5.36. The van der Waals surface area contributed by atoms with E-state index in [1.54, 1.807) is 12.1 Å². The lowest BCUT2D eigenvalue weighted by Gasteiger charge is -2.23. The van der Waals surface area contributed by atoms with Crippen LogP contribution in [0.25, 0.3) is 10.9 Å². The van der Waals surface area contributed by atoms with Crippen molar-refractivity contribution in [2.45, 2.75) is 18.4 Å². The van der Waals surface area contributed by atoms with Gasteiger partial charge in [0, 0.05) is 41.4 Å². The number of rotatable bonds is 3. The largest absolute Gasteiger partial charge is 0.351 e. The Balaban J connectivity index is 1.56. The Bertz CT molecular complexity index is 1340. The molecule has 1 aliphatic rings. The highest BCUT2D eigenvalue weighted by Crippen LogP contribution is 2.31. The number of hydrogen-bond acceptors (Lipinski definition) is 6. The lowest BCUT2D eigenvalue weighted by atomic mass is 10.1. The minimum absolute atomic E-state index is 0.241. The van der Waals surface area contributed by atoms with Gasteiger partial charge in [-0.25, -0.2) is 4.98 Å². The van der Waals surface area contributed by atoms with Crippen LogP contribution in [-0.4, -0.2) is 37.6 Å². The fourth-order valence-corrected chi connectivity index (χ4v) is 5.10. The van der Waals surface area contributed by atoms with Crippen LogP contribution in [0.1, 0.15) is 21.6 Å². The normalized spacial score (nSPS) is 15.8. The molecule has 0 aliphatic carbocycles. The quantitative estimate of drug-likeness (QED) is 0.519. The van der Waals surface area contributed by atoms with Gasteiger partial charge in [-0.3, -0.25) is 9.00 Å². The van der Waals surface area contributed by atoms with Crippen LogP contribution in [0.5, 0.6) is 0 Å². The molecule has 8 heteroatoms. The summed E-state index contributed by atoms with van der Waals surface area (Å²) in [6.07, 6.45) is 1.53. The molecule has 1 atom stereocenters. The number of pyridine rings is 1. The standard InChI is InChI=1S/C24H21N5O2S/c1-16-8-9-19-18(13-16)21(27-24(30)20-6-4-10-25-28-20)14-23(26-19)29-11-12-32(31)22-7-3-2-5-17(22)15-29/h2-10,13-14H,11-12,15H2,1H3,(H,26,27,30). The van der Waals surface area contributed by atoms with E-state index in [0.717, 1.165) is 32.7 Å². The van der Waals surface area contributed by atoms with Crippen molar-refractivity contribution in [1.29, 1.82) is 0 Å². The van der Waals surface area contributed by atoms with Crippen molar-refractivity contribution in [2.75, 3.05) is 22.5 Å². The van der Waals surface area contributed by atoms with Gasteiger partial charge in [0.1, 0.15) is 5.82 Å². The van der Waals surface area contributed by atoms with Crippen molar-refractivity contribution in [1.82, 2.24) is 15.2 Å². The summed E-state index contributed by atoms with van der Waals surface area (Å²) < 4.78 is 12.7. The van der Waals surface area contributed by atoms with Crippen LogP contribution in [0.15, 0.2) is 71.8 Å². The zero-order valence-electron chi connectivity index (χ0n) is 17.5. The van der Waals surface area contributed by atoms with Crippen molar-refractivity contribution in [3.8, 4) is 0 Å². The van der Waals surface area contributed by atoms with Crippen LogP contribution in [0.4, 0.5) is 11.5 Å². The molecule has 7 nitrogen and oxygen atoms in total. The Morgan fingerprint density at radius 3 is 2.81 bits per heavy atom. The molecular formula is C24H21N5O2S. The molecule has 2 aromatic heterocycles. The van der Waals surface area contributed by atoms with Crippen LogP contribution in [0.2, 0.25) is 0 Å². The van der Waals surface area contributed by atoms with E-state index in [-0.39, 0.29) is 11.6 Å². The van der Waals surface area contributed by atoms with Gasteiger partial charge in [-0.05, 0) is 42.8 Å². The molecule has 160 valence electrons. The molecule has 0 saturated heterocycles. The monoisotopic (exact) mass is 443 g/mol. The van der Waals surface area contributed by atoms with E-state index in [2.05, 4.69) is 20.4 Å². The van der Waals surface area contributed by atoms with Gasteiger partial charge in [0.2, 0.25) is 0 Å². The number of hydrogen-bond donors (Lipinski definition) is 1. The van der Waals surface area contributed by atoms with Crippen molar-refractivity contribution in [3.63, 3.8) is 0 Å². The van der Waals surface area contributed by atoms with Gasteiger partial charge in [0.25, 0.3) is 5.91 Å². The molecule has 0 radical (unpaired) electrons. The zero-order chi connectivity index (χ0) is 22.1. The third-order valence-corrected chi connectivity index (χ3v) is 6.90. The number of carbonyl (C=O) groups excluding carboxylic acids is 1. The molecule has 4 aromatic rings. The van der Waals surface area contributed by atoms with Crippen LogP contribution in [0, 0.1) is 6.92 Å². The first-order chi connectivity index (χ1) is 15.6. The van der Waals surface area contributed by atoms with Gasteiger partial charge in [-0.1, -0.05) is 29.8 Å². The molecule has 0 spiro atoms. The van der Waals surface area contributed by atoms with E-state index in [9.17, 15) is 9.00 Å². The predicted molar refractivity (Wildman–Crippen MR) is 125 cm³/mol. The summed E-state index contributed by atoms with van der Waals surface area (Å²) in [4.78, 5) is 20.7. The van der Waals surface area contributed by atoms with Gasteiger partial charge in [-0.15, -0.1) is 5.10 Å². The minimum atomic E-state index is -1.05. The number of fused-ring (bicyclic) bond motifs is 2. The average molecular weight is 444 g/mol. The SMILES string of the molecule is Cc1ccc2nc(N3CCS(=O)c4ccccc4C3)cc(NC(=O)c3cccnn3)c2c1. The molecule has 2 aromatic carbocycles. The topological polar surface area (TPSA) is 88.1 Å². The summed E-state index contributed by atoms with van der Waals surface area (Å²) in [5.74, 6) is 0.913. The predicted octanol–water partition coefficient (Wildman–Crippen LogP) is 3.71. The Morgan fingerprint density at radius 2 is 1.97 bits per heavy atom. The van der Waals surface area contributed by atoms with Gasteiger partial charge < -0.3 is 10.2 Å². The third kappa shape index (κ3) is 3.97. The molecule has 32 heavy (non-hydrogen) atoms. The highest BCUT2D eigenvalue weighted by molar-refractivity contribution is 7.85. The number of carbonyl (C=O) groups is 1. The summed E-state index contributed by atoms with van der Waals surface area (Å²) in [6, 6.07) is 19.0. The van der Waals surface area contributed by atoms with E-state index in [1.165, 1.54) is 6.20 Å². The zero-order valence-corrected chi connectivity index (χ0v) is 18.3. The second-order valence-corrected chi connectivity index (χ2v) is 9.23. The molecule has 0 saturated carbocycles. The number of anilines is 2. The number of nitrogens with one attached hydrogen (secondary N) is 1. The lowest BCUT2D eigenvalue weighted by molar-refractivity contribution is 0.102. The summed E-state index contributed by atoms with van der Waals surface area (Å²) in [5.41, 5.74) is 3.77. The Hall–Kier alpha value is -3.65. The third-order valence-electron chi connectivity index (χ3n) is 5.45. The fourth-order valence-electron chi connectivity index (χ4n) is 3.84. The average Bonchev–Trinajstić information content (AvgIpc) is 2.99. The molecule has 1 unspecified atom stereocenters. The Morgan fingerprint density at radius 1 is 1.09 bits per heavy atom. The number of nitrogens with zero attached hydrogens (tertiary/aromatic N) is 4. The van der Waals surface area contributed by atoms with Crippen LogP contribution >= 0.6 is 0 Å². The van der Waals surface area contributed by atoms with Crippen LogP contribution in [-0.2, 0) is 17.3 Å². The summed E-state index contributed by atoms with van der Waals surface area (Å²) in [6.45, 7) is 3.20. The van der Waals surface area contributed by atoms with E-state index in [1.807, 2.05) is 55.5 Å². The highest BCUT2D eigenvalue weighted by Gasteiger charge is 2.21. The Labute approximate surface area is 188 Å². The lowest BCUT2D eigenvalue weighted by Crippen LogP contribution is -2.26. The number of aryl methyl sites for hydroxylation is 1. The van der Waals surface area contributed by atoms with E-state index < -0.39 is 10.8 Å². The first-order valence-electron chi connectivity index (χ1n) is 10.3. The molecule has 1 aliphatic heterocycles. The van der Waals surface area contributed by atoms with E-state index in [0.29, 0.717) is 24.5 Å². The first-order valence-corrected chi connectivity index (χ1v) is 11.6. The number of aromatic nitrogens is 3.